The third kappa shape index (κ3) is 4.37. The molecule has 0 aromatic heterocycles. The van der Waals surface area contributed by atoms with Crippen LogP contribution >= 0.6 is 0 Å². The fourth-order valence-corrected chi connectivity index (χ4v) is 2.10. The first kappa shape index (κ1) is 13.9. The Balaban J connectivity index is 2.27. The van der Waals surface area contributed by atoms with Crippen molar-refractivity contribution in [2.45, 2.75) is 50.9 Å². The average molecular weight is 231 g/mol. The van der Waals surface area contributed by atoms with Crippen molar-refractivity contribution in [3.8, 4) is 0 Å². The van der Waals surface area contributed by atoms with Crippen molar-refractivity contribution < 1.29 is 14.6 Å². The van der Waals surface area contributed by atoms with Crippen LogP contribution in [0.2, 0.25) is 0 Å². The summed E-state index contributed by atoms with van der Waals surface area (Å²) >= 11 is 0. The summed E-state index contributed by atoms with van der Waals surface area (Å²) in [7, 11) is 1.60. The predicted octanol–water partition coefficient (Wildman–Crippen LogP) is 0.931. The van der Waals surface area contributed by atoms with Crippen molar-refractivity contribution in [2.24, 2.45) is 0 Å². The lowest BCUT2D eigenvalue weighted by Crippen LogP contribution is -2.47. The fourth-order valence-electron chi connectivity index (χ4n) is 2.10. The van der Waals surface area contributed by atoms with Gasteiger partial charge in [0.2, 0.25) is 0 Å². The minimum Gasteiger partial charge on any atom is -0.389 e. The van der Waals surface area contributed by atoms with Gasteiger partial charge in [0.15, 0.2) is 0 Å². The van der Waals surface area contributed by atoms with E-state index in [2.05, 4.69) is 19.2 Å². The van der Waals surface area contributed by atoms with Gasteiger partial charge in [-0.05, 0) is 26.2 Å². The summed E-state index contributed by atoms with van der Waals surface area (Å²) in [4.78, 5) is 0. The molecule has 4 heteroatoms. The van der Waals surface area contributed by atoms with Crippen molar-refractivity contribution in [1.82, 2.24) is 5.32 Å². The fraction of sp³-hybridized carbons (Fsp3) is 1.00. The second-order valence-corrected chi connectivity index (χ2v) is 4.86. The molecule has 1 aliphatic rings. The Bertz CT molecular complexity index is 201. The SMILES string of the molecule is CCC1(C)CC(NCC(O)COC)CCO1. The standard InChI is InChI=1S/C12H25NO3/c1-4-12(2)7-10(5-6-16-12)13-8-11(14)9-15-3/h10-11,13-14H,4-9H2,1-3H3. The molecule has 1 saturated heterocycles. The van der Waals surface area contributed by atoms with Crippen molar-refractivity contribution in [1.29, 1.82) is 0 Å². The van der Waals surface area contributed by atoms with E-state index < -0.39 is 6.10 Å². The van der Waals surface area contributed by atoms with Crippen LogP contribution in [0.1, 0.15) is 33.1 Å². The molecule has 0 bridgehead atoms. The molecule has 0 aromatic carbocycles. The lowest BCUT2D eigenvalue weighted by Gasteiger charge is -2.38. The molecule has 1 rings (SSSR count). The van der Waals surface area contributed by atoms with Gasteiger partial charge in [0.05, 0.1) is 18.3 Å². The van der Waals surface area contributed by atoms with Gasteiger partial charge in [-0.25, -0.2) is 0 Å². The molecule has 96 valence electrons. The summed E-state index contributed by atoms with van der Waals surface area (Å²) < 4.78 is 10.7. The van der Waals surface area contributed by atoms with Crippen LogP contribution in [0.5, 0.6) is 0 Å². The van der Waals surface area contributed by atoms with Crippen LogP contribution in [0.4, 0.5) is 0 Å². The number of hydrogen-bond acceptors (Lipinski definition) is 4. The van der Waals surface area contributed by atoms with Crippen LogP contribution in [0.15, 0.2) is 0 Å². The van der Waals surface area contributed by atoms with Crippen molar-refractivity contribution in [3.05, 3.63) is 0 Å². The molecule has 1 aliphatic heterocycles. The molecule has 4 nitrogen and oxygen atoms in total. The van der Waals surface area contributed by atoms with E-state index in [1.54, 1.807) is 7.11 Å². The average Bonchev–Trinajstić information content (AvgIpc) is 2.27. The van der Waals surface area contributed by atoms with Gasteiger partial charge in [0.1, 0.15) is 0 Å². The Labute approximate surface area is 98.3 Å². The zero-order valence-electron chi connectivity index (χ0n) is 10.7. The number of nitrogens with one attached hydrogen (secondary N) is 1. The highest BCUT2D eigenvalue weighted by atomic mass is 16.5. The minimum absolute atomic E-state index is 0.00211. The van der Waals surface area contributed by atoms with Crippen LogP contribution in [-0.4, -0.2) is 49.7 Å². The summed E-state index contributed by atoms with van der Waals surface area (Å²) in [5, 5.41) is 12.9. The summed E-state index contributed by atoms with van der Waals surface area (Å²) in [6.07, 6.45) is 2.66. The predicted molar refractivity (Wildman–Crippen MR) is 63.6 cm³/mol. The monoisotopic (exact) mass is 231 g/mol. The molecule has 0 aliphatic carbocycles. The van der Waals surface area contributed by atoms with E-state index in [0.29, 0.717) is 19.2 Å². The largest absolute Gasteiger partial charge is 0.389 e. The number of rotatable bonds is 6. The highest BCUT2D eigenvalue weighted by molar-refractivity contribution is 4.85. The molecule has 16 heavy (non-hydrogen) atoms. The Morgan fingerprint density at radius 1 is 1.62 bits per heavy atom. The number of hydrogen-bond donors (Lipinski definition) is 2. The lowest BCUT2D eigenvalue weighted by atomic mass is 9.90. The zero-order valence-corrected chi connectivity index (χ0v) is 10.7. The number of methoxy groups -OCH3 is 1. The molecule has 3 atom stereocenters. The van der Waals surface area contributed by atoms with E-state index in [1.807, 2.05) is 0 Å². The van der Waals surface area contributed by atoms with E-state index in [1.165, 1.54) is 0 Å². The minimum atomic E-state index is -0.416. The summed E-state index contributed by atoms with van der Waals surface area (Å²) in [5.74, 6) is 0. The molecule has 2 N–H and O–H groups in total. The maximum atomic E-state index is 9.55. The summed E-state index contributed by atoms with van der Waals surface area (Å²) in [5.41, 5.74) is 0.00211. The third-order valence-electron chi connectivity index (χ3n) is 3.34. The van der Waals surface area contributed by atoms with E-state index in [0.717, 1.165) is 25.9 Å². The molecule has 3 unspecified atom stereocenters. The Kier molecular flexibility index (Phi) is 5.69. The van der Waals surface area contributed by atoms with Gasteiger partial charge < -0.3 is 19.9 Å². The van der Waals surface area contributed by atoms with Crippen molar-refractivity contribution in [2.75, 3.05) is 26.9 Å². The zero-order chi connectivity index (χ0) is 12.0. The van der Waals surface area contributed by atoms with Crippen molar-refractivity contribution >= 4 is 0 Å². The first-order valence-electron chi connectivity index (χ1n) is 6.14. The van der Waals surface area contributed by atoms with Crippen LogP contribution < -0.4 is 5.32 Å². The van der Waals surface area contributed by atoms with Crippen LogP contribution in [0.3, 0.4) is 0 Å². The molecular formula is C12H25NO3. The van der Waals surface area contributed by atoms with Gasteiger partial charge in [-0.3, -0.25) is 0 Å². The Morgan fingerprint density at radius 2 is 2.38 bits per heavy atom. The normalized spacial score (nSPS) is 32.6. The maximum absolute atomic E-state index is 9.55. The quantitative estimate of drug-likeness (QED) is 0.714. The first-order chi connectivity index (χ1) is 7.59. The van der Waals surface area contributed by atoms with Gasteiger partial charge in [-0.15, -0.1) is 0 Å². The van der Waals surface area contributed by atoms with E-state index in [9.17, 15) is 5.11 Å². The first-order valence-corrected chi connectivity index (χ1v) is 6.14. The van der Waals surface area contributed by atoms with E-state index in [-0.39, 0.29) is 5.60 Å². The molecular weight excluding hydrogens is 206 g/mol. The van der Waals surface area contributed by atoms with Crippen LogP contribution in [-0.2, 0) is 9.47 Å². The summed E-state index contributed by atoms with van der Waals surface area (Å²) in [6, 6.07) is 0.449. The van der Waals surface area contributed by atoms with Gasteiger partial charge in [0, 0.05) is 26.3 Å². The molecule has 1 heterocycles. The van der Waals surface area contributed by atoms with Crippen molar-refractivity contribution in [3.63, 3.8) is 0 Å². The summed E-state index contributed by atoms with van der Waals surface area (Å²) in [6.45, 7) is 6.11. The number of ether oxygens (including phenoxy) is 2. The molecule has 0 spiro atoms. The highest BCUT2D eigenvalue weighted by Gasteiger charge is 2.31. The molecule has 1 fully saturated rings. The van der Waals surface area contributed by atoms with Gasteiger partial charge in [-0.2, -0.15) is 0 Å². The molecule has 0 aromatic rings. The number of aliphatic hydroxyl groups excluding tert-OH is 1. The Hall–Kier alpha value is -0.160. The lowest BCUT2D eigenvalue weighted by molar-refractivity contribution is -0.0792. The molecule has 0 saturated carbocycles. The van der Waals surface area contributed by atoms with Crippen LogP contribution in [0, 0.1) is 0 Å². The smallest absolute Gasteiger partial charge is 0.0897 e. The highest BCUT2D eigenvalue weighted by Crippen LogP contribution is 2.27. The number of aliphatic hydroxyl groups is 1. The van der Waals surface area contributed by atoms with E-state index in [4.69, 9.17) is 9.47 Å². The second kappa shape index (κ2) is 6.55. The van der Waals surface area contributed by atoms with Gasteiger partial charge in [0.25, 0.3) is 0 Å². The van der Waals surface area contributed by atoms with Gasteiger partial charge >= 0.3 is 0 Å². The molecule has 0 radical (unpaired) electrons. The molecule has 0 amide bonds. The Morgan fingerprint density at radius 3 is 3.00 bits per heavy atom. The topological polar surface area (TPSA) is 50.7 Å². The van der Waals surface area contributed by atoms with Gasteiger partial charge in [-0.1, -0.05) is 6.92 Å². The van der Waals surface area contributed by atoms with Crippen LogP contribution in [0.25, 0.3) is 0 Å². The second-order valence-electron chi connectivity index (χ2n) is 4.86. The third-order valence-corrected chi connectivity index (χ3v) is 3.34. The van der Waals surface area contributed by atoms with E-state index >= 15 is 0 Å². The maximum Gasteiger partial charge on any atom is 0.0897 e.